The van der Waals surface area contributed by atoms with Gasteiger partial charge in [-0.1, -0.05) is 22.0 Å². The number of anilines is 1. The summed E-state index contributed by atoms with van der Waals surface area (Å²) in [6, 6.07) is 18.0. The number of rotatable bonds is 5. The Balaban J connectivity index is 1.44. The molecule has 1 aliphatic heterocycles. The number of carbonyl (C=O) groups excluding carboxylic acids is 1. The van der Waals surface area contributed by atoms with Gasteiger partial charge in [0.05, 0.1) is 6.21 Å². The summed E-state index contributed by atoms with van der Waals surface area (Å²) in [6.07, 6.45) is 4.17. The normalized spacial score (nSPS) is 13.9. The van der Waals surface area contributed by atoms with Crippen LogP contribution in [0, 0.1) is 13.8 Å². The Morgan fingerprint density at radius 3 is 2.47 bits per heavy atom. The third-order valence-electron chi connectivity index (χ3n) is 5.51. The highest BCUT2D eigenvalue weighted by atomic mass is 79.9. The van der Waals surface area contributed by atoms with Crippen LogP contribution in [0.4, 0.5) is 5.69 Å². The van der Waals surface area contributed by atoms with Gasteiger partial charge in [-0.05, 0) is 75.2 Å². The fraction of sp³-hybridized carbons (Fsp3) is 0.250. The summed E-state index contributed by atoms with van der Waals surface area (Å²) in [5, 5.41) is 4.19. The van der Waals surface area contributed by atoms with E-state index in [-0.39, 0.29) is 5.91 Å². The molecule has 1 saturated heterocycles. The number of hydrazone groups is 1. The number of amides is 1. The third-order valence-corrected chi connectivity index (χ3v) is 6.00. The zero-order valence-electron chi connectivity index (χ0n) is 17.2. The van der Waals surface area contributed by atoms with Crippen molar-refractivity contribution < 1.29 is 4.79 Å². The number of nitrogens with zero attached hydrogens (tertiary/aromatic N) is 3. The van der Waals surface area contributed by atoms with Crippen LogP contribution < -0.4 is 10.3 Å². The maximum absolute atomic E-state index is 12.4. The molecule has 30 heavy (non-hydrogen) atoms. The number of hydrogen-bond donors (Lipinski definition) is 1. The highest BCUT2D eigenvalue weighted by Crippen LogP contribution is 2.23. The van der Waals surface area contributed by atoms with E-state index in [0.717, 1.165) is 40.2 Å². The molecule has 0 unspecified atom stereocenters. The zero-order chi connectivity index (χ0) is 21.1. The van der Waals surface area contributed by atoms with Gasteiger partial charge in [-0.3, -0.25) is 4.79 Å². The van der Waals surface area contributed by atoms with Gasteiger partial charge in [0.1, 0.15) is 0 Å². The van der Waals surface area contributed by atoms with Crippen LogP contribution in [0.15, 0.2) is 64.2 Å². The van der Waals surface area contributed by atoms with Gasteiger partial charge >= 0.3 is 0 Å². The van der Waals surface area contributed by atoms with Gasteiger partial charge in [0, 0.05) is 51.5 Å². The molecule has 2 aromatic carbocycles. The minimum atomic E-state index is -0.208. The van der Waals surface area contributed by atoms with E-state index in [1.165, 1.54) is 18.5 Å². The fourth-order valence-electron chi connectivity index (χ4n) is 3.95. The van der Waals surface area contributed by atoms with Gasteiger partial charge in [0.15, 0.2) is 0 Å². The fourth-order valence-corrected chi connectivity index (χ4v) is 4.34. The average Bonchev–Trinajstić information content (AvgIpc) is 3.37. The molecule has 0 aliphatic carbocycles. The van der Waals surface area contributed by atoms with Crippen molar-refractivity contribution in [3.63, 3.8) is 0 Å². The molecule has 0 spiro atoms. The molecule has 3 aromatic rings. The summed E-state index contributed by atoms with van der Waals surface area (Å²) in [5.74, 6) is -0.208. The van der Waals surface area contributed by atoms with Gasteiger partial charge in [-0.15, -0.1) is 0 Å². The van der Waals surface area contributed by atoms with E-state index < -0.39 is 0 Å². The first kappa shape index (κ1) is 20.4. The predicted molar refractivity (Wildman–Crippen MR) is 126 cm³/mol. The lowest BCUT2D eigenvalue weighted by molar-refractivity contribution is 0.0955. The van der Waals surface area contributed by atoms with E-state index in [0.29, 0.717) is 5.56 Å². The van der Waals surface area contributed by atoms with Crippen LogP contribution in [0.5, 0.6) is 0 Å². The number of aryl methyl sites for hydroxylation is 1. The largest absolute Gasteiger partial charge is 0.372 e. The van der Waals surface area contributed by atoms with Gasteiger partial charge in [-0.2, -0.15) is 5.10 Å². The predicted octanol–water partition coefficient (Wildman–Crippen LogP) is 5.22. The molecular weight excluding hydrogens is 440 g/mol. The second-order valence-corrected chi connectivity index (χ2v) is 8.50. The second-order valence-electron chi connectivity index (χ2n) is 7.58. The van der Waals surface area contributed by atoms with Crippen LogP contribution in [0.25, 0.3) is 5.69 Å². The van der Waals surface area contributed by atoms with Gasteiger partial charge < -0.3 is 9.47 Å². The molecule has 0 bridgehead atoms. The Morgan fingerprint density at radius 2 is 1.77 bits per heavy atom. The Hall–Kier alpha value is -2.86. The first-order chi connectivity index (χ1) is 14.5. The number of benzene rings is 2. The molecule has 1 aliphatic rings. The van der Waals surface area contributed by atoms with Gasteiger partial charge in [0.25, 0.3) is 5.91 Å². The number of aromatic nitrogens is 1. The number of nitrogens with one attached hydrogen (secondary N) is 1. The van der Waals surface area contributed by atoms with Crippen LogP contribution in [0.3, 0.4) is 0 Å². The maximum atomic E-state index is 12.4. The van der Waals surface area contributed by atoms with Crippen LogP contribution >= 0.6 is 15.9 Å². The van der Waals surface area contributed by atoms with E-state index in [2.05, 4.69) is 61.0 Å². The van der Waals surface area contributed by atoms with E-state index in [9.17, 15) is 4.79 Å². The maximum Gasteiger partial charge on any atom is 0.271 e. The van der Waals surface area contributed by atoms with Gasteiger partial charge in [0.2, 0.25) is 0 Å². The lowest BCUT2D eigenvalue weighted by Crippen LogP contribution is -2.19. The molecule has 2 heterocycles. The molecule has 5 nitrogen and oxygen atoms in total. The van der Waals surface area contributed by atoms with Crippen molar-refractivity contribution in [3.8, 4) is 5.69 Å². The van der Waals surface area contributed by atoms with E-state index in [4.69, 9.17) is 0 Å². The van der Waals surface area contributed by atoms with E-state index in [1.807, 2.05) is 43.3 Å². The molecule has 1 N–H and O–H groups in total. The van der Waals surface area contributed by atoms with Crippen molar-refractivity contribution in [3.05, 3.63) is 81.6 Å². The summed E-state index contributed by atoms with van der Waals surface area (Å²) in [5.41, 5.74) is 8.65. The summed E-state index contributed by atoms with van der Waals surface area (Å²) >= 11 is 3.53. The van der Waals surface area contributed by atoms with Crippen LogP contribution in [-0.2, 0) is 0 Å². The van der Waals surface area contributed by atoms with E-state index in [1.54, 1.807) is 6.21 Å². The minimum absolute atomic E-state index is 0.208. The van der Waals surface area contributed by atoms with Crippen LogP contribution in [0.2, 0.25) is 0 Å². The first-order valence-electron chi connectivity index (χ1n) is 10.2. The van der Waals surface area contributed by atoms with Gasteiger partial charge in [-0.25, -0.2) is 5.43 Å². The third kappa shape index (κ3) is 4.33. The average molecular weight is 465 g/mol. The van der Waals surface area contributed by atoms with Crippen molar-refractivity contribution in [2.75, 3.05) is 18.0 Å². The molecule has 1 amide bonds. The number of hydrogen-bond acceptors (Lipinski definition) is 3. The second kappa shape index (κ2) is 8.88. The number of carbonyl (C=O) groups is 1. The smallest absolute Gasteiger partial charge is 0.271 e. The van der Waals surface area contributed by atoms with Crippen molar-refractivity contribution in [1.29, 1.82) is 0 Å². The van der Waals surface area contributed by atoms with Crippen molar-refractivity contribution in [2.45, 2.75) is 26.7 Å². The Bertz CT molecular complexity index is 1080. The molecule has 4 rings (SSSR count). The van der Waals surface area contributed by atoms with Crippen LogP contribution in [0.1, 0.15) is 40.2 Å². The SMILES string of the molecule is Cc1cc(/C=N\NC(=O)c2ccc(N3CCCC3)cc2)c(C)n1-c1cccc(Br)c1. The number of halogens is 1. The Labute approximate surface area is 185 Å². The Morgan fingerprint density at radius 1 is 1.03 bits per heavy atom. The molecule has 0 saturated carbocycles. The first-order valence-corrected chi connectivity index (χ1v) is 11.0. The highest BCUT2D eigenvalue weighted by Gasteiger charge is 2.13. The summed E-state index contributed by atoms with van der Waals surface area (Å²) in [7, 11) is 0. The molecule has 0 atom stereocenters. The minimum Gasteiger partial charge on any atom is -0.372 e. The monoisotopic (exact) mass is 464 g/mol. The topological polar surface area (TPSA) is 49.6 Å². The molecule has 1 fully saturated rings. The Kier molecular flexibility index (Phi) is 6.04. The standard InChI is InChI=1S/C24H25BrN4O/c1-17-14-20(18(2)29(17)23-7-5-6-21(25)15-23)16-26-27-24(30)19-8-10-22(11-9-19)28-12-3-4-13-28/h5-11,14-16H,3-4,12-13H2,1-2H3,(H,27,30)/b26-16-. The molecule has 1 aromatic heterocycles. The van der Waals surface area contributed by atoms with Crippen molar-refractivity contribution in [2.24, 2.45) is 5.10 Å². The summed E-state index contributed by atoms with van der Waals surface area (Å²) < 4.78 is 3.20. The molecule has 154 valence electrons. The van der Waals surface area contributed by atoms with E-state index >= 15 is 0 Å². The summed E-state index contributed by atoms with van der Waals surface area (Å²) in [4.78, 5) is 14.8. The van der Waals surface area contributed by atoms with Crippen molar-refractivity contribution in [1.82, 2.24) is 9.99 Å². The summed E-state index contributed by atoms with van der Waals surface area (Å²) in [6.45, 7) is 6.29. The van der Waals surface area contributed by atoms with Crippen LogP contribution in [-0.4, -0.2) is 29.8 Å². The molecular formula is C24H25BrN4O. The molecule has 0 radical (unpaired) electrons. The van der Waals surface area contributed by atoms with Crippen molar-refractivity contribution >= 4 is 33.7 Å². The lowest BCUT2D eigenvalue weighted by atomic mass is 10.2. The zero-order valence-corrected chi connectivity index (χ0v) is 18.8. The molecule has 6 heteroatoms. The quantitative estimate of drug-likeness (QED) is 0.415. The lowest BCUT2D eigenvalue weighted by Gasteiger charge is -2.17. The highest BCUT2D eigenvalue weighted by molar-refractivity contribution is 9.10.